The molecule has 5 heteroatoms. The molecule has 1 heterocycles. The van der Waals surface area contributed by atoms with E-state index in [0.29, 0.717) is 12.4 Å². The lowest BCUT2D eigenvalue weighted by molar-refractivity contribution is 0.259. The van der Waals surface area contributed by atoms with E-state index >= 15 is 0 Å². The number of benzene rings is 1. The smallest absolute Gasteiger partial charge is 0.315 e. The zero-order valence-corrected chi connectivity index (χ0v) is 12.2. The molecular formula is C14H12BrNO3. The van der Waals surface area contributed by atoms with Crippen LogP contribution < -0.4 is 9.47 Å². The number of halogens is 1. The van der Waals surface area contributed by atoms with Gasteiger partial charge in [0.15, 0.2) is 0 Å². The molecule has 0 N–H and O–H groups in total. The van der Waals surface area contributed by atoms with E-state index < -0.39 is 0 Å². The number of aromatic nitrogens is 1. The van der Waals surface area contributed by atoms with Gasteiger partial charge in [-0.05, 0) is 29.1 Å². The maximum Gasteiger partial charge on any atom is 0.315 e. The molecular weight excluding hydrogens is 310 g/mol. The van der Waals surface area contributed by atoms with Crippen LogP contribution in [0.15, 0.2) is 28.8 Å². The molecule has 4 nitrogen and oxygen atoms in total. The fourth-order valence-electron chi connectivity index (χ4n) is 1.71. The van der Waals surface area contributed by atoms with Crippen LogP contribution >= 0.6 is 15.9 Å². The van der Waals surface area contributed by atoms with Crippen LogP contribution in [0, 0.1) is 10.8 Å². The van der Waals surface area contributed by atoms with Crippen molar-refractivity contribution in [1.82, 2.24) is 5.16 Å². The molecule has 0 aliphatic heterocycles. The van der Waals surface area contributed by atoms with E-state index in [1.807, 2.05) is 24.3 Å². The Kier molecular flexibility index (Phi) is 4.48. The standard InChI is InChI=1S/C14H12BrNO3/c1-17-11-7-5-10(6-8-11)13-12(4-3-9-15)14(18-2)19-16-13/h5-8H,4H2,1-2H3. The second-order valence-electron chi connectivity index (χ2n) is 3.68. The zero-order chi connectivity index (χ0) is 13.7. The fraction of sp³-hybridized carbons (Fsp3) is 0.214. The van der Waals surface area contributed by atoms with E-state index in [-0.39, 0.29) is 0 Å². The second kappa shape index (κ2) is 6.30. The van der Waals surface area contributed by atoms with Crippen LogP contribution in [0.5, 0.6) is 11.7 Å². The van der Waals surface area contributed by atoms with Crippen molar-refractivity contribution in [3.63, 3.8) is 0 Å². The summed E-state index contributed by atoms with van der Waals surface area (Å²) in [7, 11) is 3.18. The maximum absolute atomic E-state index is 5.17. The van der Waals surface area contributed by atoms with Crippen LogP contribution in [0.2, 0.25) is 0 Å². The second-order valence-corrected chi connectivity index (χ2v) is 4.07. The predicted octanol–water partition coefficient (Wildman–Crippen LogP) is 3.26. The van der Waals surface area contributed by atoms with Crippen molar-refractivity contribution in [2.75, 3.05) is 14.2 Å². The average Bonchev–Trinajstić information content (AvgIpc) is 2.88. The van der Waals surface area contributed by atoms with Crippen molar-refractivity contribution in [1.29, 1.82) is 0 Å². The summed E-state index contributed by atoms with van der Waals surface area (Å²) in [6, 6.07) is 7.58. The van der Waals surface area contributed by atoms with Crippen LogP contribution in [-0.4, -0.2) is 19.4 Å². The minimum atomic E-state index is 0.390. The molecule has 0 bridgehead atoms. The Morgan fingerprint density at radius 2 is 1.95 bits per heavy atom. The van der Waals surface area contributed by atoms with E-state index in [0.717, 1.165) is 22.6 Å². The molecule has 2 aromatic rings. The summed E-state index contributed by atoms with van der Waals surface area (Å²) in [6.07, 6.45) is 0.499. The molecule has 2 rings (SSSR count). The Hall–Kier alpha value is -1.93. The first-order valence-corrected chi connectivity index (χ1v) is 6.35. The molecule has 1 aromatic heterocycles. The van der Waals surface area contributed by atoms with E-state index in [2.05, 4.69) is 31.8 Å². The van der Waals surface area contributed by atoms with Gasteiger partial charge < -0.3 is 14.0 Å². The van der Waals surface area contributed by atoms with Crippen molar-refractivity contribution in [2.45, 2.75) is 6.42 Å². The molecule has 0 atom stereocenters. The maximum atomic E-state index is 5.17. The molecule has 0 spiro atoms. The largest absolute Gasteiger partial charge is 0.497 e. The first-order valence-electron chi connectivity index (χ1n) is 5.55. The van der Waals surface area contributed by atoms with Crippen LogP contribution in [0.1, 0.15) is 5.56 Å². The van der Waals surface area contributed by atoms with Gasteiger partial charge in [-0.25, -0.2) is 0 Å². The zero-order valence-electron chi connectivity index (χ0n) is 10.6. The van der Waals surface area contributed by atoms with Crippen molar-refractivity contribution in [2.24, 2.45) is 0 Å². The minimum Gasteiger partial charge on any atom is -0.497 e. The highest BCUT2D eigenvalue weighted by Crippen LogP contribution is 2.31. The molecule has 0 saturated heterocycles. The van der Waals surface area contributed by atoms with Gasteiger partial charge in [0, 0.05) is 27.9 Å². The van der Waals surface area contributed by atoms with Gasteiger partial charge >= 0.3 is 5.95 Å². The first kappa shape index (κ1) is 13.5. The molecule has 19 heavy (non-hydrogen) atoms. The fourth-order valence-corrected chi connectivity index (χ4v) is 1.85. The molecule has 1 aromatic carbocycles. The van der Waals surface area contributed by atoms with Gasteiger partial charge in [0.2, 0.25) is 0 Å². The topological polar surface area (TPSA) is 44.5 Å². The summed E-state index contributed by atoms with van der Waals surface area (Å²) in [5, 5.41) is 4.04. The predicted molar refractivity (Wildman–Crippen MR) is 75.5 cm³/mol. The summed E-state index contributed by atoms with van der Waals surface area (Å²) in [5.41, 5.74) is 2.49. The van der Waals surface area contributed by atoms with Crippen LogP contribution in [0.25, 0.3) is 11.3 Å². The Labute approximate surface area is 119 Å². The number of ether oxygens (including phenoxy) is 2. The van der Waals surface area contributed by atoms with E-state index in [4.69, 9.17) is 14.0 Å². The highest BCUT2D eigenvalue weighted by molar-refractivity contribution is 9.12. The number of methoxy groups -OCH3 is 2. The summed E-state index contributed by atoms with van der Waals surface area (Å²) in [5.74, 6) is 4.10. The third-order valence-corrected chi connectivity index (χ3v) is 2.91. The molecule has 0 fully saturated rings. The lowest BCUT2D eigenvalue weighted by atomic mass is 10.1. The minimum absolute atomic E-state index is 0.390. The third kappa shape index (κ3) is 2.91. The first-order chi connectivity index (χ1) is 9.30. The lowest BCUT2D eigenvalue weighted by Crippen LogP contribution is -1.90. The molecule has 0 unspecified atom stereocenters. The Bertz CT molecular complexity index is 608. The van der Waals surface area contributed by atoms with Gasteiger partial charge in [-0.1, -0.05) is 11.1 Å². The van der Waals surface area contributed by atoms with E-state index in [1.165, 1.54) is 0 Å². The van der Waals surface area contributed by atoms with Crippen molar-refractivity contribution >= 4 is 15.9 Å². The molecule has 0 radical (unpaired) electrons. The monoisotopic (exact) mass is 321 g/mol. The van der Waals surface area contributed by atoms with Gasteiger partial charge in [0.05, 0.1) is 19.8 Å². The lowest BCUT2D eigenvalue weighted by Gasteiger charge is -2.02. The summed E-state index contributed by atoms with van der Waals surface area (Å²) >= 11 is 3.07. The van der Waals surface area contributed by atoms with Gasteiger partial charge in [-0.2, -0.15) is 0 Å². The Morgan fingerprint density at radius 1 is 1.21 bits per heavy atom. The number of hydrogen-bond acceptors (Lipinski definition) is 4. The van der Waals surface area contributed by atoms with Gasteiger partial charge in [0.1, 0.15) is 11.4 Å². The van der Waals surface area contributed by atoms with Gasteiger partial charge in [-0.15, -0.1) is 0 Å². The van der Waals surface area contributed by atoms with Crippen molar-refractivity contribution in [3.8, 4) is 33.7 Å². The highest BCUT2D eigenvalue weighted by atomic mass is 79.9. The van der Waals surface area contributed by atoms with Crippen LogP contribution in [-0.2, 0) is 6.42 Å². The average molecular weight is 322 g/mol. The van der Waals surface area contributed by atoms with Crippen molar-refractivity contribution < 1.29 is 14.0 Å². The van der Waals surface area contributed by atoms with E-state index in [1.54, 1.807) is 14.2 Å². The quantitative estimate of drug-likeness (QED) is 0.811. The normalized spacial score (nSPS) is 9.63. The third-order valence-electron chi connectivity index (χ3n) is 2.63. The van der Waals surface area contributed by atoms with Crippen LogP contribution in [0.4, 0.5) is 0 Å². The summed E-state index contributed by atoms with van der Waals surface area (Å²) in [6.45, 7) is 0. The Balaban J connectivity index is 2.41. The number of hydrogen-bond donors (Lipinski definition) is 0. The molecule has 0 aliphatic carbocycles. The SMILES string of the molecule is COc1ccc(-c2noc(OC)c2CC#CBr)cc1. The van der Waals surface area contributed by atoms with E-state index in [9.17, 15) is 0 Å². The van der Waals surface area contributed by atoms with Crippen molar-refractivity contribution in [3.05, 3.63) is 29.8 Å². The Morgan fingerprint density at radius 3 is 2.53 bits per heavy atom. The van der Waals surface area contributed by atoms with Gasteiger partial charge in [0.25, 0.3) is 0 Å². The number of rotatable bonds is 4. The molecule has 0 aliphatic rings. The molecule has 98 valence electrons. The summed E-state index contributed by atoms with van der Waals surface area (Å²) < 4.78 is 15.4. The van der Waals surface area contributed by atoms with Crippen LogP contribution in [0.3, 0.4) is 0 Å². The van der Waals surface area contributed by atoms with Gasteiger partial charge in [-0.3, -0.25) is 0 Å². The number of nitrogens with zero attached hydrogens (tertiary/aromatic N) is 1. The molecule has 0 saturated carbocycles. The summed E-state index contributed by atoms with van der Waals surface area (Å²) in [4.78, 5) is 2.67. The highest BCUT2D eigenvalue weighted by Gasteiger charge is 2.17. The molecule has 0 amide bonds.